The van der Waals surface area contributed by atoms with Crippen molar-refractivity contribution in [3.8, 4) is 28.9 Å². The zero-order valence-corrected chi connectivity index (χ0v) is 22.9. The topological polar surface area (TPSA) is 175 Å². The molecule has 6 rings (SSSR count). The van der Waals surface area contributed by atoms with Crippen molar-refractivity contribution in [2.45, 2.75) is 32.6 Å². The normalized spacial score (nSPS) is 12.4. The van der Waals surface area contributed by atoms with Crippen molar-refractivity contribution >= 4 is 5.97 Å². The second kappa shape index (κ2) is 12.5. The zero-order valence-electron chi connectivity index (χ0n) is 22.9. The summed E-state index contributed by atoms with van der Waals surface area (Å²) >= 11 is 0. The lowest BCUT2D eigenvalue weighted by molar-refractivity contribution is -0.139. The first kappa shape index (κ1) is 28.2. The lowest BCUT2D eigenvalue weighted by Crippen LogP contribution is -2.20. The minimum Gasteiger partial charge on any atom is -0.493 e. The van der Waals surface area contributed by atoms with Crippen molar-refractivity contribution in [2.24, 2.45) is 0 Å². The third-order valence-corrected chi connectivity index (χ3v) is 6.52. The van der Waals surface area contributed by atoms with Crippen LogP contribution in [0.3, 0.4) is 0 Å². The van der Waals surface area contributed by atoms with E-state index >= 15 is 0 Å². The summed E-state index contributed by atoms with van der Waals surface area (Å²) in [7, 11) is 1.20. The number of aromatic amines is 2. The van der Waals surface area contributed by atoms with Crippen molar-refractivity contribution < 1.29 is 33.6 Å². The van der Waals surface area contributed by atoms with Gasteiger partial charge in [-0.3, -0.25) is 14.4 Å². The van der Waals surface area contributed by atoms with Crippen LogP contribution in [0.2, 0.25) is 0 Å². The summed E-state index contributed by atoms with van der Waals surface area (Å²) in [5.74, 6) is 2.60. The number of H-pyrrole nitrogens is 2. The Kier molecular flexibility index (Phi) is 8.37. The number of benzene rings is 2. The van der Waals surface area contributed by atoms with Gasteiger partial charge in [-0.15, -0.1) is 0 Å². The molecule has 3 N–H and O–H groups in total. The smallest absolute Gasteiger partial charge is 0.310 e. The second-order valence-electron chi connectivity index (χ2n) is 9.33. The number of methoxy groups -OCH3 is 1. The van der Waals surface area contributed by atoms with Gasteiger partial charge in [0.25, 0.3) is 11.1 Å². The first-order valence-corrected chi connectivity index (χ1v) is 13.0. The number of nitrogens with zero attached hydrogens (tertiary/aromatic N) is 2. The predicted octanol–water partition coefficient (Wildman–Crippen LogP) is 2.16. The summed E-state index contributed by atoms with van der Waals surface area (Å²) < 4.78 is 25.6. The highest BCUT2D eigenvalue weighted by molar-refractivity contribution is 5.72. The van der Waals surface area contributed by atoms with Crippen LogP contribution in [-0.4, -0.2) is 51.7 Å². The van der Waals surface area contributed by atoms with Gasteiger partial charge in [-0.1, -0.05) is 19.1 Å². The minimum atomic E-state index is -0.629. The van der Waals surface area contributed by atoms with Crippen LogP contribution < -0.4 is 30.1 Å². The van der Waals surface area contributed by atoms with E-state index < -0.39 is 17.4 Å². The molecular weight excluding hydrogens is 548 g/mol. The van der Waals surface area contributed by atoms with Gasteiger partial charge in [0.15, 0.2) is 23.0 Å². The van der Waals surface area contributed by atoms with Crippen molar-refractivity contribution in [1.29, 1.82) is 0 Å². The number of fused-ring (bicyclic) bond motifs is 2. The molecule has 4 heterocycles. The van der Waals surface area contributed by atoms with E-state index in [4.69, 9.17) is 18.9 Å². The Morgan fingerprint density at radius 1 is 0.881 bits per heavy atom. The Labute approximate surface area is 239 Å². The molecule has 0 amide bonds. The number of esters is 1. The maximum atomic E-state index is 12.0. The molecule has 2 aromatic heterocycles. The molecule has 13 heteroatoms. The molecule has 2 aromatic carbocycles. The first-order valence-electron chi connectivity index (χ1n) is 13.0. The van der Waals surface area contributed by atoms with E-state index in [2.05, 4.69) is 24.7 Å². The van der Waals surface area contributed by atoms with Crippen LogP contribution >= 0.6 is 0 Å². The minimum absolute atomic E-state index is 0.0618. The second-order valence-corrected chi connectivity index (χ2v) is 9.33. The summed E-state index contributed by atoms with van der Waals surface area (Å²) in [5, 5.41) is 9.87. The number of hydrogen-bond acceptors (Lipinski definition) is 11. The van der Waals surface area contributed by atoms with E-state index in [1.807, 2.05) is 31.2 Å². The average Bonchev–Trinajstić information content (AvgIpc) is 3.64. The van der Waals surface area contributed by atoms with E-state index in [1.165, 1.54) is 7.11 Å². The molecule has 218 valence electrons. The summed E-state index contributed by atoms with van der Waals surface area (Å²) in [6, 6.07) is 11.1. The molecule has 2 aliphatic heterocycles. The van der Waals surface area contributed by atoms with Crippen molar-refractivity contribution in [1.82, 2.24) is 19.9 Å². The highest BCUT2D eigenvalue weighted by atomic mass is 16.7. The van der Waals surface area contributed by atoms with E-state index in [0.717, 1.165) is 22.6 Å². The largest absolute Gasteiger partial charge is 0.493 e. The summed E-state index contributed by atoms with van der Waals surface area (Å²) in [4.78, 5) is 48.5. The molecule has 0 spiro atoms. The van der Waals surface area contributed by atoms with Gasteiger partial charge in [0.1, 0.15) is 11.6 Å². The van der Waals surface area contributed by atoms with Gasteiger partial charge in [-0.05, 0) is 41.8 Å². The molecule has 0 aliphatic carbocycles. The third kappa shape index (κ3) is 6.52. The lowest BCUT2D eigenvalue weighted by atomic mass is 10.1. The Bertz CT molecular complexity index is 1730. The number of aromatic hydroxyl groups is 1. The number of rotatable bonds is 7. The van der Waals surface area contributed by atoms with Crippen molar-refractivity contribution in [3.05, 3.63) is 97.2 Å². The molecular formula is C29H28N4O9. The third-order valence-electron chi connectivity index (χ3n) is 6.52. The van der Waals surface area contributed by atoms with Crippen LogP contribution in [0.5, 0.6) is 28.9 Å². The highest BCUT2D eigenvalue weighted by Crippen LogP contribution is 2.33. The van der Waals surface area contributed by atoms with Gasteiger partial charge >= 0.3 is 5.97 Å². The lowest BCUT2D eigenvalue weighted by Gasteiger charge is -2.06. The van der Waals surface area contributed by atoms with Gasteiger partial charge in [-0.2, -0.15) is 4.98 Å². The molecule has 0 saturated carbocycles. The zero-order chi connectivity index (χ0) is 29.6. The average molecular weight is 577 g/mol. The maximum Gasteiger partial charge on any atom is 0.310 e. The summed E-state index contributed by atoms with van der Waals surface area (Å²) in [6.07, 6.45) is 2.84. The monoisotopic (exact) mass is 576 g/mol. The molecule has 13 nitrogen and oxygen atoms in total. The van der Waals surface area contributed by atoms with Gasteiger partial charge < -0.3 is 38.8 Å². The fourth-order valence-corrected chi connectivity index (χ4v) is 4.28. The van der Waals surface area contributed by atoms with E-state index in [-0.39, 0.29) is 43.4 Å². The number of nitrogens with one attached hydrogen (secondary N) is 2. The van der Waals surface area contributed by atoms with Crippen LogP contribution in [-0.2, 0) is 35.2 Å². The van der Waals surface area contributed by atoms with Crippen LogP contribution in [0.15, 0.2) is 52.2 Å². The number of aryl methyl sites for hydroxylation is 1. The number of ether oxygens (including phenoxy) is 5. The van der Waals surface area contributed by atoms with Gasteiger partial charge in [-0.25, -0.2) is 4.98 Å². The van der Waals surface area contributed by atoms with Crippen LogP contribution in [0.25, 0.3) is 0 Å². The van der Waals surface area contributed by atoms with Crippen molar-refractivity contribution in [2.75, 3.05) is 20.7 Å². The molecule has 4 aromatic rings. The van der Waals surface area contributed by atoms with Crippen LogP contribution in [0.4, 0.5) is 0 Å². The Hall–Kier alpha value is -5.33. The maximum absolute atomic E-state index is 12.0. The van der Waals surface area contributed by atoms with Crippen molar-refractivity contribution in [3.63, 3.8) is 0 Å². The van der Waals surface area contributed by atoms with Gasteiger partial charge in [0, 0.05) is 24.6 Å². The van der Waals surface area contributed by atoms with Crippen LogP contribution in [0, 0.1) is 0 Å². The quantitative estimate of drug-likeness (QED) is 0.275. The van der Waals surface area contributed by atoms with E-state index in [0.29, 0.717) is 35.7 Å². The number of carbonyl (C=O) groups is 1. The summed E-state index contributed by atoms with van der Waals surface area (Å²) in [5.41, 5.74) is 1.81. The Balaban J connectivity index is 0.000000171. The molecule has 0 saturated heterocycles. The number of carbonyl (C=O) groups excluding carboxylic acids is 1. The van der Waals surface area contributed by atoms with Gasteiger partial charge in [0.2, 0.25) is 19.5 Å². The molecule has 0 atom stereocenters. The first-order chi connectivity index (χ1) is 20.3. The van der Waals surface area contributed by atoms with E-state index in [9.17, 15) is 19.5 Å². The number of hydrogen-bond donors (Lipinski definition) is 3. The van der Waals surface area contributed by atoms with Gasteiger partial charge in [0.05, 0.1) is 19.1 Å². The fourth-order valence-electron chi connectivity index (χ4n) is 4.28. The van der Waals surface area contributed by atoms with Crippen LogP contribution in [0.1, 0.15) is 40.8 Å². The molecule has 0 radical (unpaired) electrons. The SMILES string of the molecule is CCc1cnc(Cc2ccc3c(c2)OCO3)[nH]c1=O.COC(=O)Cc1c(O)nc(Cc2ccc3c(c2)OCO3)[nH]c1=O. The predicted molar refractivity (Wildman–Crippen MR) is 147 cm³/mol. The standard InChI is InChI=1S/C15H14N2O6.C14H14N2O3/c1-21-13(18)6-9-14(19)16-12(17-15(9)20)5-8-2-3-10-11(4-8)23-7-22-10;1-2-10-7-15-13(16-14(10)17)6-9-3-4-11-12(5-9)19-8-18-11/h2-4H,5-7H2,1H3,(H2,16,17,19,20);3-5,7H,2,6,8H2,1H3,(H,15,16,17). The molecule has 0 fully saturated rings. The number of aromatic nitrogens is 4. The fraction of sp³-hybridized carbons (Fsp3) is 0.276. The summed E-state index contributed by atoms with van der Waals surface area (Å²) in [6.45, 7) is 2.37. The molecule has 0 unspecified atom stereocenters. The molecule has 2 aliphatic rings. The highest BCUT2D eigenvalue weighted by Gasteiger charge is 2.17. The van der Waals surface area contributed by atoms with E-state index in [1.54, 1.807) is 18.3 Å². The Morgan fingerprint density at radius 3 is 2.00 bits per heavy atom. The molecule has 0 bridgehead atoms. The molecule has 42 heavy (non-hydrogen) atoms. The Morgan fingerprint density at radius 2 is 1.45 bits per heavy atom.